The van der Waals surface area contributed by atoms with Crippen molar-refractivity contribution in [1.82, 2.24) is 4.98 Å². The summed E-state index contributed by atoms with van der Waals surface area (Å²) >= 11 is 0. The van der Waals surface area contributed by atoms with E-state index in [0.717, 1.165) is 10.8 Å². The van der Waals surface area contributed by atoms with Crippen LogP contribution in [0.1, 0.15) is 0 Å². The second kappa shape index (κ2) is 6.97. The molecule has 0 bridgehead atoms. The molecule has 0 aliphatic heterocycles. The Morgan fingerprint density at radius 3 is 3.06 bits per heavy atom. The third-order valence-electron chi connectivity index (χ3n) is 1.48. The minimum Gasteiger partial charge on any atom is -0.450 e. The molecular formula is C8H8N2O5S2. The van der Waals surface area contributed by atoms with Crippen LogP contribution in [0.3, 0.4) is 0 Å². The minimum absolute atomic E-state index is 0.0353. The summed E-state index contributed by atoms with van der Waals surface area (Å²) in [4.78, 5) is 24.0. The standard InChI is InChI=1S/C8H8N2O5S2/c11-8(12)15-4-5-16-17-7-6(10(13)14)2-1-3-9-7/h1-3H,4-5H2,(H,11,12). The number of hydrogen-bond donors (Lipinski definition) is 1. The minimum atomic E-state index is -1.33. The topological polar surface area (TPSA) is 103 Å². The van der Waals surface area contributed by atoms with Gasteiger partial charge in [0.15, 0.2) is 5.03 Å². The molecule has 1 heterocycles. The van der Waals surface area contributed by atoms with Gasteiger partial charge in [-0.2, -0.15) is 0 Å². The molecule has 0 spiro atoms. The third-order valence-corrected chi connectivity index (χ3v) is 3.73. The Kier molecular flexibility index (Phi) is 5.57. The van der Waals surface area contributed by atoms with Gasteiger partial charge in [-0.1, -0.05) is 10.8 Å². The van der Waals surface area contributed by atoms with Gasteiger partial charge in [0.1, 0.15) is 6.61 Å². The van der Waals surface area contributed by atoms with E-state index in [9.17, 15) is 14.9 Å². The number of aromatic nitrogens is 1. The average molecular weight is 276 g/mol. The molecule has 0 unspecified atom stereocenters. The van der Waals surface area contributed by atoms with Gasteiger partial charge < -0.3 is 9.84 Å². The van der Waals surface area contributed by atoms with Gasteiger partial charge in [0.05, 0.1) is 4.92 Å². The van der Waals surface area contributed by atoms with E-state index < -0.39 is 11.1 Å². The summed E-state index contributed by atoms with van der Waals surface area (Å²) in [6.45, 7) is 0.0353. The van der Waals surface area contributed by atoms with E-state index in [1.807, 2.05) is 0 Å². The number of carbonyl (C=O) groups is 1. The Hall–Kier alpha value is -1.48. The molecule has 17 heavy (non-hydrogen) atoms. The van der Waals surface area contributed by atoms with Crippen molar-refractivity contribution in [3.05, 3.63) is 28.4 Å². The highest BCUT2D eigenvalue weighted by Gasteiger charge is 2.14. The van der Waals surface area contributed by atoms with Gasteiger partial charge in [0, 0.05) is 18.0 Å². The lowest BCUT2D eigenvalue weighted by Gasteiger charge is -2.01. The van der Waals surface area contributed by atoms with Gasteiger partial charge >= 0.3 is 11.8 Å². The van der Waals surface area contributed by atoms with E-state index >= 15 is 0 Å². The van der Waals surface area contributed by atoms with E-state index in [1.165, 1.54) is 29.1 Å². The second-order valence-corrected chi connectivity index (χ2v) is 5.01. The fourth-order valence-electron chi connectivity index (χ4n) is 0.846. The Morgan fingerprint density at radius 2 is 2.41 bits per heavy atom. The van der Waals surface area contributed by atoms with Crippen LogP contribution in [-0.4, -0.2) is 33.5 Å². The molecule has 0 saturated heterocycles. The van der Waals surface area contributed by atoms with Crippen molar-refractivity contribution < 1.29 is 19.6 Å². The van der Waals surface area contributed by atoms with Gasteiger partial charge in [-0.15, -0.1) is 0 Å². The van der Waals surface area contributed by atoms with Gasteiger partial charge in [-0.3, -0.25) is 10.1 Å². The summed E-state index contributed by atoms with van der Waals surface area (Å²) in [6.07, 6.45) is 0.128. The number of pyridine rings is 1. The molecule has 1 aromatic heterocycles. The first kappa shape index (κ1) is 13.6. The number of nitrogens with zero attached hydrogens (tertiary/aromatic N) is 2. The van der Waals surface area contributed by atoms with Crippen molar-refractivity contribution in [2.24, 2.45) is 0 Å². The number of nitro groups is 1. The van der Waals surface area contributed by atoms with Crippen molar-refractivity contribution in [2.75, 3.05) is 12.4 Å². The molecule has 1 aromatic rings. The summed E-state index contributed by atoms with van der Waals surface area (Å²) < 4.78 is 4.29. The highest BCUT2D eigenvalue weighted by Crippen LogP contribution is 2.34. The molecule has 0 atom stereocenters. The molecule has 9 heteroatoms. The summed E-state index contributed by atoms with van der Waals surface area (Å²) in [5.74, 6) is 0.394. The molecular weight excluding hydrogens is 268 g/mol. The van der Waals surface area contributed by atoms with Crippen LogP contribution in [0.5, 0.6) is 0 Å². The maximum atomic E-state index is 10.6. The van der Waals surface area contributed by atoms with Crippen LogP contribution in [-0.2, 0) is 4.74 Å². The second-order valence-electron chi connectivity index (χ2n) is 2.60. The average Bonchev–Trinajstić information content (AvgIpc) is 2.28. The van der Waals surface area contributed by atoms with E-state index in [2.05, 4.69) is 9.72 Å². The van der Waals surface area contributed by atoms with E-state index in [-0.39, 0.29) is 17.3 Å². The fourth-order valence-corrected chi connectivity index (χ4v) is 2.70. The number of ether oxygens (including phenoxy) is 1. The van der Waals surface area contributed by atoms with Gasteiger partial charge in [-0.25, -0.2) is 9.78 Å². The van der Waals surface area contributed by atoms with Crippen LogP contribution in [0.2, 0.25) is 0 Å². The Morgan fingerprint density at radius 1 is 1.65 bits per heavy atom. The lowest BCUT2D eigenvalue weighted by molar-refractivity contribution is -0.388. The summed E-state index contributed by atoms with van der Waals surface area (Å²) in [6, 6.07) is 2.85. The monoisotopic (exact) mass is 276 g/mol. The zero-order valence-electron chi connectivity index (χ0n) is 8.44. The first-order chi connectivity index (χ1) is 8.11. The molecule has 0 fully saturated rings. The van der Waals surface area contributed by atoms with Crippen molar-refractivity contribution >= 4 is 33.4 Å². The summed E-state index contributed by atoms with van der Waals surface area (Å²) in [7, 11) is 2.36. The number of rotatable bonds is 6. The van der Waals surface area contributed by atoms with Gasteiger partial charge in [-0.05, 0) is 16.9 Å². The van der Waals surface area contributed by atoms with Crippen LogP contribution in [0, 0.1) is 10.1 Å². The number of carboxylic acid groups (broad SMARTS) is 1. The summed E-state index contributed by atoms with van der Waals surface area (Å²) in [5, 5.41) is 19.1. The molecule has 0 radical (unpaired) electrons. The summed E-state index contributed by atoms with van der Waals surface area (Å²) in [5.41, 5.74) is -0.0656. The lowest BCUT2D eigenvalue weighted by atomic mass is 10.4. The van der Waals surface area contributed by atoms with Crippen molar-refractivity contribution in [2.45, 2.75) is 5.03 Å². The largest absolute Gasteiger partial charge is 0.505 e. The zero-order valence-corrected chi connectivity index (χ0v) is 10.1. The number of hydrogen-bond acceptors (Lipinski definition) is 7. The van der Waals surface area contributed by atoms with Gasteiger partial charge in [0.2, 0.25) is 0 Å². The molecule has 7 nitrogen and oxygen atoms in total. The quantitative estimate of drug-likeness (QED) is 0.278. The Labute approximate surface area is 104 Å². The molecule has 1 rings (SSSR count). The van der Waals surface area contributed by atoms with Crippen LogP contribution < -0.4 is 0 Å². The predicted molar refractivity (Wildman–Crippen MR) is 63.2 cm³/mol. The van der Waals surface area contributed by atoms with E-state index in [1.54, 1.807) is 0 Å². The fraction of sp³-hybridized carbons (Fsp3) is 0.250. The highest BCUT2D eigenvalue weighted by atomic mass is 33.1. The van der Waals surface area contributed by atoms with Crippen LogP contribution in [0.25, 0.3) is 0 Å². The van der Waals surface area contributed by atoms with Crippen molar-refractivity contribution in [3.63, 3.8) is 0 Å². The first-order valence-corrected chi connectivity index (χ1v) is 6.67. The normalized spacial score (nSPS) is 9.88. The molecule has 0 aromatic carbocycles. The molecule has 92 valence electrons. The van der Waals surface area contributed by atoms with E-state index in [4.69, 9.17) is 5.11 Å². The van der Waals surface area contributed by atoms with Crippen molar-refractivity contribution in [3.8, 4) is 0 Å². The smallest absolute Gasteiger partial charge is 0.450 e. The first-order valence-electron chi connectivity index (χ1n) is 4.36. The maximum absolute atomic E-state index is 10.6. The van der Waals surface area contributed by atoms with E-state index in [0.29, 0.717) is 5.75 Å². The lowest BCUT2D eigenvalue weighted by Crippen LogP contribution is -2.02. The third kappa shape index (κ3) is 4.91. The van der Waals surface area contributed by atoms with Crippen molar-refractivity contribution in [1.29, 1.82) is 0 Å². The Balaban J connectivity index is 2.41. The molecule has 0 amide bonds. The van der Waals surface area contributed by atoms with Gasteiger partial charge in [0.25, 0.3) is 0 Å². The van der Waals surface area contributed by atoms with Crippen LogP contribution in [0.15, 0.2) is 23.4 Å². The van der Waals surface area contributed by atoms with Crippen LogP contribution in [0.4, 0.5) is 10.5 Å². The molecule has 0 aliphatic carbocycles. The zero-order chi connectivity index (χ0) is 12.7. The molecule has 1 N–H and O–H groups in total. The predicted octanol–water partition coefficient (Wildman–Crippen LogP) is 2.42. The van der Waals surface area contributed by atoms with Crippen LogP contribution >= 0.6 is 21.6 Å². The molecule has 0 saturated carbocycles. The Bertz CT molecular complexity index is 415. The SMILES string of the molecule is O=C(O)OCCSSc1ncccc1[N+](=O)[O-]. The molecule has 0 aliphatic rings. The highest BCUT2D eigenvalue weighted by molar-refractivity contribution is 8.76. The maximum Gasteiger partial charge on any atom is 0.505 e.